The summed E-state index contributed by atoms with van der Waals surface area (Å²) in [6, 6.07) is 28.5. The molecule has 1 amide bonds. The maximum atomic E-state index is 14.3. The standard InChI is InChI=1S/C36H44N4O4/c1-36(34(41)33(38)9-6-22-37,35(42)39-30-15-14-28-7-4-5-8-29(28)25-30)40(23-20-26-10-16-31(43-2)17-11-26)24-21-27-12-18-32(44-3)19-13-27/h4-5,7-8,10-19,25,33H,6,9,20-24,37-38H2,1-3H3,(H,39,42)/t33-,36-/m1/s1. The minimum Gasteiger partial charge on any atom is -0.497 e. The van der Waals surface area contributed by atoms with Gasteiger partial charge in [0.2, 0.25) is 0 Å². The SMILES string of the molecule is COc1ccc(CCN(CCc2ccc(OC)cc2)[C@@](C)(C(=O)Nc2ccc3ccccc3c2)C(=O)[C@H](N)CCCN)cc1. The Morgan fingerprint density at radius 3 is 1.89 bits per heavy atom. The molecule has 0 aromatic heterocycles. The Labute approximate surface area is 260 Å². The van der Waals surface area contributed by atoms with E-state index in [2.05, 4.69) is 5.32 Å². The van der Waals surface area contributed by atoms with Gasteiger partial charge in [-0.15, -0.1) is 0 Å². The van der Waals surface area contributed by atoms with Gasteiger partial charge in [0.15, 0.2) is 11.3 Å². The van der Waals surface area contributed by atoms with Crippen LogP contribution in [0.4, 0.5) is 5.69 Å². The summed E-state index contributed by atoms with van der Waals surface area (Å²) in [7, 11) is 3.27. The Morgan fingerprint density at radius 1 is 0.818 bits per heavy atom. The number of hydrogen-bond acceptors (Lipinski definition) is 7. The monoisotopic (exact) mass is 596 g/mol. The zero-order valence-corrected chi connectivity index (χ0v) is 25.9. The van der Waals surface area contributed by atoms with Gasteiger partial charge in [0.25, 0.3) is 5.91 Å². The summed E-state index contributed by atoms with van der Waals surface area (Å²) in [6.07, 6.45) is 2.24. The summed E-state index contributed by atoms with van der Waals surface area (Å²) in [4.78, 5) is 30.6. The Bertz CT molecular complexity index is 1470. The van der Waals surface area contributed by atoms with E-state index in [9.17, 15) is 9.59 Å². The molecule has 0 saturated carbocycles. The average molecular weight is 597 g/mol. The van der Waals surface area contributed by atoms with Gasteiger partial charge in [0, 0.05) is 18.8 Å². The number of ether oxygens (including phenoxy) is 2. The first-order valence-corrected chi connectivity index (χ1v) is 15.1. The van der Waals surface area contributed by atoms with Gasteiger partial charge in [-0.05, 0) is 97.4 Å². The van der Waals surface area contributed by atoms with Crippen LogP contribution in [0.2, 0.25) is 0 Å². The van der Waals surface area contributed by atoms with E-state index in [1.54, 1.807) is 21.1 Å². The predicted octanol–water partition coefficient (Wildman–Crippen LogP) is 4.98. The number of rotatable bonds is 16. The molecule has 44 heavy (non-hydrogen) atoms. The molecule has 0 unspecified atom stereocenters. The number of Topliss-reactive ketones (excluding diaryl/α,β-unsaturated/α-hetero) is 1. The Hall–Kier alpha value is -4.24. The molecule has 0 aliphatic carbocycles. The normalized spacial score (nSPS) is 13.3. The highest BCUT2D eigenvalue weighted by Crippen LogP contribution is 2.26. The lowest BCUT2D eigenvalue weighted by Gasteiger charge is -2.40. The van der Waals surface area contributed by atoms with Gasteiger partial charge in [-0.1, -0.05) is 54.6 Å². The Kier molecular flexibility index (Phi) is 11.5. The van der Waals surface area contributed by atoms with Gasteiger partial charge in [0.1, 0.15) is 11.5 Å². The Morgan fingerprint density at radius 2 is 1.36 bits per heavy atom. The van der Waals surface area contributed by atoms with Crippen LogP contribution in [-0.2, 0) is 22.4 Å². The first kappa shape index (κ1) is 32.7. The van der Waals surface area contributed by atoms with E-state index in [0.29, 0.717) is 51.0 Å². The van der Waals surface area contributed by atoms with Gasteiger partial charge >= 0.3 is 0 Å². The lowest BCUT2D eigenvalue weighted by molar-refractivity contribution is -0.142. The summed E-state index contributed by atoms with van der Waals surface area (Å²) in [5.41, 5.74) is 13.4. The van der Waals surface area contributed by atoms with E-state index in [1.165, 1.54) is 0 Å². The van der Waals surface area contributed by atoms with Gasteiger partial charge < -0.3 is 26.3 Å². The third kappa shape index (κ3) is 8.02. The van der Waals surface area contributed by atoms with E-state index in [1.807, 2.05) is 95.9 Å². The van der Waals surface area contributed by atoms with E-state index in [4.69, 9.17) is 20.9 Å². The molecular weight excluding hydrogens is 552 g/mol. The number of hydrogen-bond donors (Lipinski definition) is 3. The molecule has 0 aliphatic heterocycles. The smallest absolute Gasteiger partial charge is 0.252 e. The summed E-state index contributed by atoms with van der Waals surface area (Å²) < 4.78 is 10.6. The molecule has 0 bridgehead atoms. The molecule has 8 heteroatoms. The number of fused-ring (bicyclic) bond motifs is 1. The number of nitrogens with two attached hydrogens (primary N) is 2. The van der Waals surface area contributed by atoms with Gasteiger partial charge in [-0.3, -0.25) is 14.5 Å². The fourth-order valence-corrected chi connectivity index (χ4v) is 5.43. The number of carbonyl (C=O) groups excluding carboxylic acids is 2. The summed E-state index contributed by atoms with van der Waals surface area (Å²) in [5, 5.41) is 5.12. The van der Waals surface area contributed by atoms with E-state index < -0.39 is 17.5 Å². The van der Waals surface area contributed by atoms with Crippen molar-refractivity contribution >= 4 is 28.2 Å². The zero-order chi connectivity index (χ0) is 31.5. The molecule has 4 aromatic carbocycles. The van der Waals surface area contributed by atoms with Gasteiger partial charge in [-0.2, -0.15) is 0 Å². The van der Waals surface area contributed by atoms with Crippen LogP contribution in [0.5, 0.6) is 11.5 Å². The molecule has 0 aliphatic rings. The maximum Gasteiger partial charge on any atom is 0.252 e. The number of carbonyl (C=O) groups is 2. The number of benzene rings is 4. The van der Waals surface area contributed by atoms with Crippen molar-refractivity contribution in [1.29, 1.82) is 0 Å². The van der Waals surface area contributed by atoms with Crippen LogP contribution >= 0.6 is 0 Å². The number of amides is 1. The van der Waals surface area contributed by atoms with E-state index in [-0.39, 0.29) is 5.78 Å². The largest absolute Gasteiger partial charge is 0.497 e. The summed E-state index contributed by atoms with van der Waals surface area (Å²) in [6.45, 7) is 3.04. The molecular formula is C36H44N4O4. The van der Waals surface area contributed by atoms with Crippen LogP contribution in [0.25, 0.3) is 10.8 Å². The number of anilines is 1. The van der Waals surface area contributed by atoms with E-state index >= 15 is 0 Å². The fourth-order valence-electron chi connectivity index (χ4n) is 5.43. The highest BCUT2D eigenvalue weighted by atomic mass is 16.5. The van der Waals surface area contributed by atoms with Crippen LogP contribution in [-0.4, -0.2) is 62.0 Å². The van der Waals surface area contributed by atoms with Crippen molar-refractivity contribution in [2.75, 3.05) is 39.2 Å². The molecule has 5 N–H and O–H groups in total. The lowest BCUT2D eigenvalue weighted by atomic mass is 9.85. The highest BCUT2D eigenvalue weighted by Gasteiger charge is 2.47. The second-order valence-electron chi connectivity index (χ2n) is 11.2. The van der Waals surface area contributed by atoms with Crippen molar-refractivity contribution < 1.29 is 19.1 Å². The molecule has 8 nitrogen and oxygen atoms in total. The van der Waals surface area contributed by atoms with Crippen LogP contribution in [0.15, 0.2) is 91.0 Å². The summed E-state index contributed by atoms with van der Waals surface area (Å²) in [5.74, 6) is 0.802. The molecule has 232 valence electrons. The van der Waals surface area contributed by atoms with Crippen molar-refractivity contribution in [3.05, 3.63) is 102 Å². The van der Waals surface area contributed by atoms with Crippen molar-refractivity contribution in [2.45, 2.75) is 44.2 Å². The first-order chi connectivity index (χ1) is 21.3. The topological polar surface area (TPSA) is 120 Å². The quantitative estimate of drug-likeness (QED) is 0.156. The predicted molar refractivity (Wildman–Crippen MR) is 177 cm³/mol. The molecule has 0 spiro atoms. The molecule has 0 fully saturated rings. The Balaban J connectivity index is 1.68. The number of ketones is 1. The molecule has 0 radical (unpaired) electrons. The second-order valence-corrected chi connectivity index (χ2v) is 11.2. The minimum atomic E-state index is -1.54. The molecule has 4 aromatic rings. The third-order valence-electron chi connectivity index (χ3n) is 8.28. The van der Waals surface area contributed by atoms with Crippen LogP contribution in [0, 0.1) is 0 Å². The van der Waals surface area contributed by atoms with Gasteiger partial charge in [0.05, 0.1) is 20.3 Å². The van der Waals surface area contributed by atoms with Crippen molar-refractivity contribution in [1.82, 2.24) is 4.90 Å². The third-order valence-corrected chi connectivity index (χ3v) is 8.28. The highest BCUT2D eigenvalue weighted by molar-refractivity contribution is 6.17. The van der Waals surface area contributed by atoms with Crippen LogP contribution in [0.1, 0.15) is 30.9 Å². The first-order valence-electron chi connectivity index (χ1n) is 15.1. The zero-order valence-electron chi connectivity index (χ0n) is 25.9. The maximum absolute atomic E-state index is 14.3. The molecule has 0 heterocycles. The number of methoxy groups -OCH3 is 2. The molecule has 2 atom stereocenters. The second kappa shape index (κ2) is 15.5. The van der Waals surface area contributed by atoms with E-state index in [0.717, 1.165) is 33.4 Å². The fraction of sp³-hybridized carbons (Fsp3) is 0.333. The summed E-state index contributed by atoms with van der Waals surface area (Å²) >= 11 is 0. The van der Waals surface area contributed by atoms with Crippen LogP contribution in [0.3, 0.4) is 0 Å². The van der Waals surface area contributed by atoms with Crippen molar-refractivity contribution in [3.8, 4) is 11.5 Å². The number of nitrogens with one attached hydrogen (secondary N) is 1. The minimum absolute atomic E-state index is 0.325. The lowest BCUT2D eigenvalue weighted by Crippen LogP contribution is -2.64. The van der Waals surface area contributed by atoms with Gasteiger partial charge in [-0.25, -0.2) is 0 Å². The molecule has 4 rings (SSSR count). The average Bonchev–Trinajstić information content (AvgIpc) is 3.06. The molecule has 0 saturated heterocycles. The van der Waals surface area contributed by atoms with Crippen LogP contribution < -0.4 is 26.3 Å². The van der Waals surface area contributed by atoms with Crippen molar-refractivity contribution in [3.63, 3.8) is 0 Å². The van der Waals surface area contributed by atoms with Crippen molar-refractivity contribution in [2.24, 2.45) is 11.5 Å². The number of nitrogens with zero attached hydrogens (tertiary/aromatic N) is 1.